The Labute approximate surface area is 96.8 Å². The Morgan fingerprint density at radius 3 is 2.29 bits per heavy atom. The highest BCUT2D eigenvalue weighted by molar-refractivity contribution is 5.86. The number of Topliss-reactive ketones (excluding diaryl/α,β-unsaturated/α-hetero) is 1. The highest BCUT2D eigenvalue weighted by Crippen LogP contribution is 2.28. The SMILES string of the molecule is O=C(O)CCC(=O)[C@H](O)c1ccc(O)c(O)c1. The van der Waals surface area contributed by atoms with Crippen molar-refractivity contribution in [2.75, 3.05) is 0 Å². The molecule has 0 radical (unpaired) electrons. The molecule has 0 amide bonds. The number of carboxylic acid groups (broad SMARTS) is 1. The van der Waals surface area contributed by atoms with E-state index < -0.39 is 23.6 Å². The minimum atomic E-state index is -1.50. The van der Waals surface area contributed by atoms with Crippen LogP contribution in [-0.4, -0.2) is 32.2 Å². The van der Waals surface area contributed by atoms with Crippen molar-refractivity contribution in [3.8, 4) is 11.5 Å². The van der Waals surface area contributed by atoms with Crippen molar-refractivity contribution in [3.63, 3.8) is 0 Å². The minimum Gasteiger partial charge on any atom is -0.504 e. The molecule has 0 unspecified atom stereocenters. The van der Waals surface area contributed by atoms with Crippen LogP contribution in [0.25, 0.3) is 0 Å². The second-order valence-electron chi connectivity index (χ2n) is 3.51. The number of aliphatic hydroxyl groups is 1. The molecule has 6 heteroatoms. The first-order valence-electron chi connectivity index (χ1n) is 4.86. The second kappa shape index (κ2) is 5.31. The Balaban J connectivity index is 2.74. The lowest BCUT2D eigenvalue weighted by molar-refractivity contribution is -0.139. The molecule has 0 spiro atoms. The van der Waals surface area contributed by atoms with Crippen LogP contribution in [0.5, 0.6) is 11.5 Å². The molecular weight excluding hydrogens is 228 g/mol. The van der Waals surface area contributed by atoms with Crippen LogP contribution in [0, 0.1) is 0 Å². The standard InChI is InChI=1S/C11H12O6/c12-7-2-1-6(5-9(7)14)11(17)8(13)3-4-10(15)16/h1-2,5,11-12,14,17H,3-4H2,(H,15,16)/t11-/m1/s1. The molecule has 17 heavy (non-hydrogen) atoms. The van der Waals surface area contributed by atoms with Gasteiger partial charge in [-0.05, 0) is 17.7 Å². The molecule has 1 rings (SSSR count). The van der Waals surface area contributed by atoms with Gasteiger partial charge >= 0.3 is 5.97 Å². The number of hydrogen-bond acceptors (Lipinski definition) is 5. The zero-order valence-electron chi connectivity index (χ0n) is 8.83. The summed E-state index contributed by atoms with van der Waals surface area (Å²) in [6, 6.07) is 3.47. The largest absolute Gasteiger partial charge is 0.504 e. The summed E-state index contributed by atoms with van der Waals surface area (Å²) >= 11 is 0. The van der Waals surface area contributed by atoms with Gasteiger partial charge in [0.05, 0.1) is 6.42 Å². The quantitative estimate of drug-likeness (QED) is 0.559. The van der Waals surface area contributed by atoms with Crippen molar-refractivity contribution >= 4 is 11.8 Å². The van der Waals surface area contributed by atoms with E-state index in [0.29, 0.717) is 0 Å². The molecule has 0 saturated carbocycles. The van der Waals surface area contributed by atoms with Crippen LogP contribution < -0.4 is 0 Å². The number of carbonyl (C=O) groups is 2. The summed E-state index contributed by atoms with van der Waals surface area (Å²) in [7, 11) is 0. The van der Waals surface area contributed by atoms with E-state index in [1.165, 1.54) is 6.07 Å². The lowest BCUT2D eigenvalue weighted by Gasteiger charge is -2.10. The average molecular weight is 240 g/mol. The van der Waals surface area contributed by atoms with Gasteiger partial charge in [-0.1, -0.05) is 6.07 Å². The molecule has 1 aromatic carbocycles. The first-order valence-corrected chi connectivity index (χ1v) is 4.86. The van der Waals surface area contributed by atoms with Crippen molar-refractivity contribution in [2.24, 2.45) is 0 Å². The fraction of sp³-hybridized carbons (Fsp3) is 0.273. The molecule has 92 valence electrons. The van der Waals surface area contributed by atoms with Crippen LogP contribution >= 0.6 is 0 Å². The number of rotatable bonds is 5. The molecule has 0 aliphatic carbocycles. The number of aliphatic hydroxyl groups excluding tert-OH is 1. The smallest absolute Gasteiger partial charge is 0.303 e. The maximum atomic E-state index is 11.4. The number of aliphatic carboxylic acids is 1. The number of benzene rings is 1. The van der Waals surface area contributed by atoms with E-state index >= 15 is 0 Å². The molecule has 0 saturated heterocycles. The van der Waals surface area contributed by atoms with Crippen molar-refractivity contribution in [2.45, 2.75) is 18.9 Å². The van der Waals surface area contributed by atoms with Gasteiger partial charge in [-0.3, -0.25) is 9.59 Å². The van der Waals surface area contributed by atoms with E-state index in [0.717, 1.165) is 12.1 Å². The van der Waals surface area contributed by atoms with Crippen LogP contribution in [0.1, 0.15) is 24.5 Å². The van der Waals surface area contributed by atoms with E-state index in [1.54, 1.807) is 0 Å². The zero-order chi connectivity index (χ0) is 13.0. The minimum absolute atomic E-state index is 0.107. The lowest BCUT2D eigenvalue weighted by Crippen LogP contribution is -2.13. The number of ketones is 1. The van der Waals surface area contributed by atoms with Gasteiger partial charge in [0, 0.05) is 6.42 Å². The summed E-state index contributed by atoms with van der Waals surface area (Å²) in [5, 5.41) is 36.2. The average Bonchev–Trinajstić information content (AvgIpc) is 2.28. The van der Waals surface area contributed by atoms with Gasteiger partial charge in [0.15, 0.2) is 17.3 Å². The Morgan fingerprint density at radius 1 is 1.12 bits per heavy atom. The molecule has 0 fully saturated rings. The number of hydrogen-bond donors (Lipinski definition) is 4. The van der Waals surface area contributed by atoms with Gasteiger partial charge in [-0.25, -0.2) is 0 Å². The Bertz CT molecular complexity index is 440. The summed E-state index contributed by atoms with van der Waals surface area (Å²) in [5.74, 6) is -2.59. The van der Waals surface area contributed by atoms with Gasteiger partial charge in [0.25, 0.3) is 0 Å². The third-order valence-electron chi connectivity index (χ3n) is 2.21. The van der Waals surface area contributed by atoms with Crippen LogP contribution in [0.15, 0.2) is 18.2 Å². The van der Waals surface area contributed by atoms with Crippen LogP contribution in [0.4, 0.5) is 0 Å². The monoisotopic (exact) mass is 240 g/mol. The summed E-state index contributed by atoms with van der Waals surface area (Å²) < 4.78 is 0. The Morgan fingerprint density at radius 2 is 1.76 bits per heavy atom. The molecule has 1 aromatic rings. The zero-order valence-corrected chi connectivity index (χ0v) is 8.83. The third-order valence-corrected chi connectivity index (χ3v) is 2.21. The van der Waals surface area contributed by atoms with E-state index in [2.05, 4.69) is 0 Å². The van der Waals surface area contributed by atoms with E-state index in [4.69, 9.17) is 10.2 Å². The van der Waals surface area contributed by atoms with E-state index in [9.17, 15) is 19.8 Å². The van der Waals surface area contributed by atoms with Gasteiger partial charge in [0.1, 0.15) is 6.10 Å². The van der Waals surface area contributed by atoms with E-state index in [-0.39, 0.29) is 24.2 Å². The van der Waals surface area contributed by atoms with Crippen molar-refractivity contribution in [3.05, 3.63) is 23.8 Å². The molecule has 4 N–H and O–H groups in total. The predicted octanol–water partition coefficient (Wildman–Crippen LogP) is 0.565. The number of phenols is 2. The number of aromatic hydroxyl groups is 2. The van der Waals surface area contributed by atoms with Crippen LogP contribution in [-0.2, 0) is 9.59 Å². The van der Waals surface area contributed by atoms with Crippen molar-refractivity contribution in [1.29, 1.82) is 0 Å². The summed E-state index contributed by atoms with van der Waals surface area (Å²) in [6.45, 7) is 0. The van der Waals surface area contributed by atoms with Gasteiger partial charge in [0.2, 0.25) is 0 Å². The van der Waals surface area contributed by atoms with Crippen molar-refractivity contribution in [1.82, 2.24) is 0 Å². The first-order chi connectivity index (χ1) is 7.91. The van der Waals surface area contributed by atoms with Crippen LogP contribution in [0.3, 0.4) is 0 Å². The molecule has 0 heterocycles. The second-order valence-corrected chi connectivity index (χ2v) is 3.51. The number of carbonyl (C=O) groups excluding carboxylic acids is 1. The maximum absolute atomic E-state index is 11.4. The Kier molecular flexibility index (Phi) is 4.06. The third kappa shape index (κ3) is 3.46. The molecule has 0 aliphatic rings. The highest BCUT2D eigenvalue weighted by Gasteiger charge is 2.19. The van der Waals surface area contributed by atoms with E-state index in [1.807, 2.05) is 0 Å². The molecular formula is C11H12O6. The van der Waals surface area contributed by atoms with Crippen molar-refractivity contribution < 1.29 is 30.0 Å². The fourth-order valence-corrected chi connectivity index (χ4v) is 1.26. The molecule has 6 nitrogen and oxygen atoms in total. The predicted molar refractivity (Wildman–Crippen MR) is 56.6 cm³/mol. The summed E-state index contributed by atoms with van der Waals surface area (Å²) in [5.41, 5.74) is 0.107. The maximum Gasteiger partial charge on any atom is 0.303 e. The van der Waals surface area contributed by atoms with Crippen LogP contribution in [0.2, 0.25) is 0 Å². The van der Waals surface area contributed by atoms with Gasteiger partial charge in [-0.15, -0.1) is 0 Å². The normalized spacial score (nSPS) is 12.1. The topological polar surface area (TPSA) is 115 Å². The first kappa shape index (κ1) is 13.0. The molecule has 0 aliphatic heterocycles. The molecule has 0 aromatic heterocycles. The highest BCUT2D eigenvalue weighted by atomic mass is 16.4. The number of phenolic OH excluding ortho intramolecular Hbond substituents is 2. The fourth-order valence-electron chi connectivity index (χ4n) is 1.26. The summed E-state index contributed by atoms with van der Waals surface area (Å²) in [6.07, 6.45) is -2.15. The van der Waals surface area contributed by atoms with Gasteiger partial charge < -0.3 is 20.4 Å². The molecule has 1 atom stereocenters. The molecule has 0 bridgehead atoms. The number of carboxylic acids is 1. The lowest BCUT2D eigenvalue weighted by atomic mass is 10.0. The van der Waals surface area contributed by atoms with Gasteiger partial charge in [-0.2, -0.15) is 0 Å². The summed E-state index contributed by atoms with van der Waals surface area (Å²) in [4.78, 5) is 21.6. The Hall–Kier alpha value is -2.08.